The number of aryl methyl sites for hydroxylation is 1. The van der Waals surface area contributed by atoms with Crippen LogP contribution in [0.25, 0.3) is 10.9 Å². The van der Waals surface area contributed by atoms with E-state index in [0.29, 0.717) is 19.2 Å². The van der Waals surface area contributed by atoms with Gasteiger partial charge in [0.1, 0.15) is 0 Å². The first-order chi connectivity index (χ1) is 10.7. The number of ether oxygens (including phenoxy) is 1. The number of rotatable bonds is 6. The molecule has 0 radical (unpaired) electrons. The van der Waals surface area contributed by atoms with E-state index in [1.165, 1.54) is 22.2 Å². The van der Waals surface area contributed by atoms with Crippen molar-refractivity contribution < 1.29 is 9.84 Å². The van der Waals surface area contributed by atoms with E-state index in [1.807, 2.05) is 0 Å². The van der Waals surface area contributed by atoms with Crippen LogP contribution in [0.3, 0.4) is 0 Å². The summed E-state index contributed by atoms with van der Waals surface area (Å²) in [5, 5.41) is 15.0. The minimum absolute atomic E-state index is 0.323. The average molecular weight is 302 g/mol. The maximum atomic E-state index is 10.3. The molecule has 1 saturated heterocycles. The smallest absolute Gasteiger partial charge is 0.0843 e. The van der Waals surface area contributed by atoms with Gasteiger partial charge >= 0.3 is 0 Å². The zero-order valence-corrected chi connectivity index (χ0v) is 13.5. The second-order valence-corrected chi connectivity index (χ2v) is 6.29. The molecule has 120 valence electrons. The summed E-state index contributed by atoms with van der Waals surface area (Å²) in [4.78, 5) is 0. The quantitative estimate of drug-likeness (QED) is 0.861. The van der Waals surface area contributed by atoms with Crippen LogP contribution < -0.4 is 5.32 Å². The zero-order chi connectivity index (χ0) is 15.5. The number of aliphatic hydroxyl groups is 1. The van der Waals surface area contributed by atoms with E-state index in [4.69, 9.17) is 4.74 Å². The molecule has 1 aromatic heterocycles. The standard InChI is InChI=1S/C18H26N2O2/c1-13-14(2)20(18-8-4-3-7-17(13)18)12-15(21)10-19-11-16-6-5-9-22-16/h3-4,7-8,15-16,19,21H,5-6,9-12H2,1-2H3/t15-,16+/m1/s1. The third-order valence-electron chi connectivity index (χ3n) is 4.72. The number of nitrogens with one attached hydrogen (secondary N) is 1. The maximum absolute atomic E-state index is 10.3. The summed E-state index contributed by atoms with van der Waals surface area (Å²) in [7, 11) is 0. The first kappa shape index (κ1) is 15.5. The molecule has 2 aromatic rings. The van der Waals surface area contributed by atoms with Gasteiger partial charge in [-0.05, 0) is 38.3 Å². The Morgan fingerprint density at radius 1 is 1.36 bits per heavy atom. The Bertz CT molecular complexity index is 629. The number of aromatic nitrogens is 1. The van der Waals surface area contributed by atoms with Gasteiger partial charge in [0.2, 0.25) is 0 Å². The van der Waals surface area contributed by atoms with Crippen LogP contribution in [0.4, 0.5) is 0 Å². The Hall–Kier alpha value is -1.36. The third kappa shape index (κ3) is 3.19. The summed E-state index contributed by atoms with van der Waals surface area (Å²) in [6.45, 7) is 7.21. The highest BCUT2D eigenvalue weighted by Gasteiger charge is 2.16. The largest absolute Gasteiger partial charge is 0.390 e. The normalized spacial score (nSPS) is 19.9. The van der Waals surface area contributed by atoms with E-state index in [0.717, 1.165) is 26.0 Å². The number of fused-ring (bicyclic) bond motifs is 1. The molecular formula is C18H26N2O2. The van der Waals surface area contributed by atoms with Gasteiger partial charge in [-0.3, -0.25) is 0 Å². The highest BCUT2D eigenvalue weighted by molar-refractivity contribution is 5.85. The number of para-hydroxylation sites is 1. The summed E-state index contributed by atoms with van der Waals surface area (Å²) >= 11 is 0. The predicted octanol–water partition coefficient (Wildman–Crippen LogP) is 2.39. The lowest BCUT2D eigenvalue weighted by atomic mass is 10.2. The third-order valence-corrected chi connectivity index (χ3v) is 4.72. The van der Waals surface area contributed by atoms with Crippen molar-refractivity contribution in [3.63, 3.8) is 0 Å². The predicted molar refractivity (Wildman–Crippen MR) is 89.3 cm³/mol. The van der Waals surface area contributed by atoms with E-state index in [-0.39, 0.29) is 0 Å². The maximum Gasteiger partial charge on any atom is 0.0843 e. The molecule has 3 rings (SSSR count). The van der Waals surface area contributed by atoms with E-state index in [9.17, 15) is 5.11 Å². The van der Waals surface area contributed by atoms with Gasteiger partial charge in [-0.25, -0.2) is 0 Å². The lowest BCUT2D eigenvalue weighted by Crippen LogP contribution is -2.35. The van der Waals surface area contributed by atoms with Crippen LogP contribution in [0, 0.1) is 13.8 Å². The molecule has 1 fully saturated rings. The number of hydrogen-bond acceptors (Lipinski definition) is 3. The van der Waals surface area contributed by atoms with Crippen molar-refractivity contribution in [3.8, 4) is 0 Å². The van der Waals surface area contributed by atoms with Crippen molar-refractivity contribution >= 4 is 10.9 Å². The fourth-order valence-electron chi connectivity index (χ4n) is 3.33. The summed E-state index contributed by atoms with van der Waals surface area (Å²) in [6, 6.07) is 8.40. The van der Waals surface area contributed by atoms with Gasteiger partial charge in [-0.15, -0.1) is 0 Å². The fourth-order valence-corrected chi connectivity index (χ4v) is 3.33. The Labute approximate surface area is 132 Å². The fraction of sp³-hybridized carbons (Fsp3) is 0.556. The van der Waals surface area contributed by atoms with Crippen LogP contribution in [0.2, 0.25) is 0 Å². The molecule has 0 spiro atoms. The lowest BCUT2D eigenvalue weighted by molar-refractivity contribution is 0.101. The van der Waals surface area contributed by atoms with Crippen molar-refractivity contribution in [3.05, 3.63) is 35.5 Å². The molecule has 1 aromatic carbocycles. The second-order valence-electron chi connectivity index (χ2n) is 6.29. The molecule has 2 heterocycles. The van der Waals surface area contributed by atoms with Gasteiger partial charge in [0, 0.05) is 36.3 Å². The highest BCUT2D eigenvalue weighted by Crippen LogP contribution is 2.25. The van der Waals surface area contributed by atoms with Crippen LogP contribution in [0.1, 0.15) is 24.1 Å². The van der Waals surface area contributed by atoms with Crippen molar-refractivity contribution in [2.24, 2.45) is 0 Å². The van der Waals surface area contributed by atoms with Crippen LogP contribution in [-0.2, 0) is 11.3 Å². The summed E-state index contributed by atoms with van der Waals surface area (Å²) in [5.74, 6) is 0. The number of hydrogen-bond donors (Lipinski definition) is 2. The molecular weight excluding hydrogens is 276 g/mol. The van der Waals surface area contributed by atoms with Gasteiger partial charge in [0.05, 0.1) is 18.8 Å². The first-order valence-electron chi connectivity index (χ1n) is 8.21. The van der Waals surface area contributed by atoms with Crippen LogP contribution in [0.5, 0.6) is 0 Å². The monoisotopic (exact) mass is 302 g/mol. The SMILES string of the molecule is Cc1c(C)n(C[C@H](O)CNC[C@@H]2CCCO2)c2ccccc12. The van der Waals surface area contributed by atoms with Gasteiger partial charge < -0.3 is 19.7 Å². The zero-order valence-electron chi connectivity index (χ0n) is 13.5. The van der Waals surface area contributed by atoms with Gasteiger partial charge in [0.15, 0.2) is 0 Å². The number of aliphatic hydroxyl groups excluding tert-OH is 1. The van der Waals surface area contributed by atoms with Crippen molar-refractivity contribution in [2.75, 3.05) is 19.7 Å². The van der Waals surface area contributed by atoms with Gasteiger partial charge in [-0.1, -0.05) is 18.2 Å². The molecule has 2 atom stereocenters. The molecule has 2 N–H and O–H groups in total. The van der Waals surface area contributed by atoms with Crippen molar-refractivity contribution in [1.29, 1.82) is 0 Å². The Balaban J connectivity index is 1.61. The van der Waals surface area contributed by atoms with E-state index in [2.05, 4.69) is 48.0 Å². The molecule has 0 bridgehead atoms. The first-order valence-corrected chi connectivity index (χ1v) is 8.21. The van der Waals surface area contributed by atoms with Crippen LogP contribution in [-0.4, -0.2) is 41.6 Å². The van der Waals surface area contributed by atoms with Crippen molar-refractivity contribution in [2.45, 2.75) is 45.4 Å². The van der Waals surface area contributed by atoms with E-state index in [1.54, 1.807) is 0 Å². The summed E-state index contributed by atoms with van der Waals surface area (Å²) in [6.07, 6.45) is 2.21. The number of benzene rings is 1. The molecule has 0 aliphatic carbocycles. The molecule has 22 heavy (non-hydrogen) atoms. The second kappa shape index (κ2) is 6.82. The number of nitrogens with zero attached hydrogens (tertiary/aromatic N) is 1. The average Bonchev–Trinajstić information content (AvgIpc) is 3.11. The van der Waals surface area contributed by atoms with E-state index < -0.39 is 6.10 Å². The summed E-state index contributed by atoms with van der Waals surface area (Å²) in [5.41, 5.74) is 3.74. The Kier molecular flexibility index (Phi) is 4.81. The Morgan fingerprint density at radius 3 is 2.95 bits per heavy atom. The molecule has 1 aliphatic rings. The van der Waals surface area contributed by atoms with Crippen molar-refractivity contribution in [1.82, 2.24) is 9.88 Å². The van der Waals surface area contributed by atoms with Crippen LogP contribution in [0.15, 0.2) is 24.3 Å². The highest BCUT2D eigenvalue weighted by atomic mass is 16.5. The molecule has 4 heteroatoms. The molecule has 0 saturated carbocycles. The summed E-state index contributed by atoms with van der Waals surface area (Å²) < 4.78 is 7.81. The molecule has 0 unspecified atom stereocenters. The molecule has 4 nitrogen and oxygen atoms in total. The Morgan fingerprint density at radius 2 is 2.18 bits per heavy atom. The minimum Gasteiger partial charge on any atom is -0.390 e. The minimum atomic E-state index is -0.393. The van der Waals surface area contributed by atoms with Crippen LogP contribution >= 0.6 is 0 Å². The van der Waals surface area contributed by atoms with Gasteiger partial charge in [-0.2, -0.15) is 0 Å². The molecule has 1 aliphatic heterocycles. The lowest BCUT2D eigenvalue weighted by Gasteiger charge is -2.17. The topological polar surface area (TPSA) is 46.4 Å². The molecule has 0 amide bonds. The van der Waals surface area contributed by atoms with Gasteiger partial charge in [0.25, 0.3) is 0 Å². The van der Waals surface area contributed by atoms with E-state index >= 15 is 0 Å².